The molecule has 88 valence electrons. The summed E-state index contributed by atoms with van der Waals surface area (Å²) in [6, 6.07) is 0. The van der Waals surface area contributed by atoms with Crippen molar-refractivity contribution in [1.82, 2.24) is 10.6 Å². The maximum atomic E-state index is 11.2. The van der Waals surface area contributed by atoms with Crippen molar-refractivity contribution in [2.45, 2.75) is 32.0 Å². The molecule has 1 rings (SSSR count). The SMILES string of the molecule is C[C@@H](O)CNC(=O)COC1CCNCC1. The van der Waals surface area contributed by atoms with Crippen molar-refractivity contribution in [3.05, 3.63) is 0 Å². The second kappa shape index (κ2) is 6.76. The Labute approximate surface area is 90.2 Å². The first-order valence-electron chi connectivity index (χ1n) is 5.45. The van der Waals surface area contributed by atoms with Crippen LogP contribution in [0.4, 0.5) is 0 Å². The lowest BCUT2D eigenvalue weighted by Crippen LogP contribution is -2.37. The largest absolute Gasteiger partial charge is 0.392 e. The van der Waals surface area contributed by atoms with Crippen molar-refractivity contribution in [2.75, 3.05) is 26.2 Å². The van der Waals surface area contributed by atoms with Gasteiger partial charge in [0.25, 0.3) is 0 Å². The Balaban J connectivity index is 2.05. The molecule has 0 spiro atoms. The van der Waals surface area contributed by atoms with Gasteiger partial charge in [-0.3, -0.25) is 4.79 Å². The Bertz CT molecular complexity index is 191. The number of nitrogens with one attached hydrogen (secondary N) is 2. The minimum absolute atomic E-state index is 0.0946. The van der Waals surface area contributed by atoms with Crippen LogP contribution in [0.5, 0.6) is 0 Å². The number of aliphatic hydroxyl groups excluding tert-OH is 1. The molecule has 1 saturated heterocycles. The first kappa shape index (κ1) is 12.4. The van der Waals surface area contributed by atoms with Crippen molar-refractivity contribution in [3.63, 3.8) is 0 Å². The minimum Gasteiger partial charge on any atom is -0.392 e. The molecule has 15 heavy (non-hydrogen) atoms. The average Bonchev–Trinajstić information content (AvgIpc) is 2.25. The van der Waals surface area contributed by atoms with E-state index in [1.54, 1.807) is 6.92 Å². The molecule has 0 aromatic carbocycles. The zero-order valence-electron chi connectivity index (χ0n) is 9.16. The van der Waals surface area contributed by atoms with Gasteiger partial charge in [0.15, 0.2) is 0 Å². The third kappa shape index (κ3) is 5.71. The van der Waals surface area contributed by atoms with E-state index in [1.165, 1.54) is 0 Å². The molecule has 0 aliphatic carbocycles. The predicted octanol–water partition coefficient (Wildman–Crippen LogP) is -0.748. The molecule has 0 aromatic rings. The molecule has 1 heterocycles. The van der Waals surface area contributed by atoms with Crippen molar-refractivity contribution in [1.29, 1.82) is 0 Å². The Morgan fingerprint density at radius 2 is 2.27 bits per heavy atom. The summed E-state index contributed by atoms with van der Waals surface area (Å²) in [6.45, 7) is 3.93. The third-order valence-electron chi connectivity index (χ3n) is 2.33. The highest BCUT2D eigenvalue weighted by atomic mass is 16.5. The van der Waals surface area contributed by atoms with Gasteiger partial charge in [0.2, 0.25) is 5.91 Å². The fourth-order valence-corrected chi connectivity index (χ4v) is 1.47. The van der Waals surface area contributed by atoms with Crippen molar-refractivity contribution in [2.24, 2.45) is 0 Å². The van der Waals surface area contributed by atoms with E-state index in [0.29, 0.717) is 0 Å². The molecule has 5 heteroatoms. The summed E-state index contributed by atoms with van der Waals surface area (Å²) in [7, 11) is 0. The lowest BCUT2D eigenvalue weighted by Gasteiger charge is -2.22. The predicted molar refractivity (Wildman–Crippen MR) is 56.5 cm³/mol. The van der Waals surface area contributed by atoms with Crippen LogP contribution in [-0.4, -0.2) is 49.5 Å². The van der Waals surface area contributed by atoms with E-state index < -0.39 is 6.10 Å². The van der Waals surface area contributed by atoms with Gasteiger partial charge in [-0.2, -0.15) is 0 Å². The van der Waals surface area contributed by atoms with Crippen LogP contribution in [0.1, 0.15) is 19.8 Å². The lowest BCUT2D eigenvalue weighted by molar-refractivity contribution is -0.128. The quantitative estimate of drug-likeness (QED) is 0.565. The van der Waals surface area contributed by atoms with Gasteiger partial charge in [-0.25, -0.2) is 0 Å². The van der Waals surface area contributed by atoms with Crippen LogP contribution in [0.15, 0.2) is 0 Å². The lowest BCUT2D eigenvalue weighted by atomic mass is 10.1. The maximum Gasteiger partial charge on any atom is 0.246 e. The van der Waals surface area contributed by atoms with E-state index in [2.05, 4.69) is 10.6 Å². The molecule has 0 aromatic heterocycles. The highest BCUT2D eigenvalue weighted by molar-refractivity contribution is 5.77. The number of rotatable bonds is 5. The van der Waals surface area contributed by atoms with Gasteiger partial charge in [0, 0.05) is 6.54 Å². The Morgan fingerprint density at radius 3 is 2.87 bits per heavy atom. The van der Waals surface area contributed by atoms with Crippen LogP contribution in [0, 0.1) is 0 Å². The van der Waals surface area contributed by atoms with E-state index in [-0.39, 0.29) is 25.2 Å². The first-order valence-corrected chi connectivity index (χ1v) is 5.45. The molecule has 1 atom stereocenters. The topological polar surface area (TPSA) is 70.6 Å². The molecule has 1 aliphatic rings. The summed E-state index contributed by atoms with van der Waals surface area (Å²) in [5.41, 5.74) is 0. The molecule has 0 unspecified atom stereocenters. The molecule has 3 N–H and O–H groups in total. The fraction of sp³-hybridized carbons (Fsp3) is 0.900. The maximum absolute atomic E-state index is 11.2. The zero-order chi connectivity index (χ0) is 11.1. The number of carbonyl (C=O) groups is 1. The number of hydrogen-bond donors (Lipinski definition) is 3. The number of piperidine rings is 1. The summed E-state index contributed by atoms with van der Waals surface area (Å²) in [5.74, 6) is -0.158. The zero-order valence-corrected chi connectivity index (χ0v) is 9.16. The van der Waals surface area contributed by atoms with Crippen molar-refractivity contribution < 1.29 is 14.6 Å². The van der Waals surface area contributed by atoms with E-state index in [0.717, 1.165) is 25.9 Å². The first-order chi connectivity index (χ1) is 7.18. The van der Waals surface area contributed by atoms with Gasteiger partial charge < -0.3 is 20.5 Å². The number of amides is 1. The van der Waals surface area contributed by atoms with Crippen LogP contribution in [0.3, 0.4) is 0 Å². The summed E-state index contributed by atoms with van der Waals surface area (Å²) in [5, 5.41) is 14.8. The van der Waals surface area contributed by atoms with Gasteiger partial charge in [-0.05, 0) is 32.9 Å². The highest BCUT2D eigenvalue weighted by Gasteiger charge is 2.14. The van der Waals surface area contributed by atoms with Gasteiger partial charge in [0.05, 0.1) is 12.2 Å². The molecule has 1 amide bonds. The normalized spacial score (nSPS) is 19.9. The van der Waals surface area contributed by atoms with Crippen LogP contribution in [-0.2, 0) is 9.53 Å². The van der Waals surface area contributed by atoms with Gasteiger partial charge >= 0.3 is 0 Å². The van der Waals surface area contributed by atoms with Crippen molar-refractivity contribution >= 4 is 5.91 Å². The molecule has 5 nitrogen and oxygen atoms in total. The molecule has 0 saturated carbocycles. The van der Waals surface area contributed by atoms with E-state index in [1.807, 2.05) is 0 Å². The van der Waals surface area contributed by atoms with Crippen LogP contribution >= 0.6 is 0 Å². The number of aliphatic hydroxyl groups is 1. The van der Waals surface area contributed by atoms with Gasteiger partial charge in [-0.1, -0.05) is 0 Å². The van der Waals surface area contributed by atoms with Gasteiger partial charge in [0.1, 0.15) is 6.61 Å². The molecule has 0 radical (unpaired) electrons. The minimum atomic E-state index is -0.507. The van der Waals surface area contributed by atoms with E-state index in [4.69, 9.17) is 9.84 Å². The third-order valence-corrected chi connectivity index (χ3v) is 2.33. The average molecular weight is 216 g/mol. The molecule has 1 aliphatic heterocycles. The molecular weight excluding hydrogens is 196 g/mol. The monoisotopic (exact) mass is 216 g/mol. The highest BCUT2D eigenvalue weighted by Crippen LogP contribution is 2.06. The van der Waals surface area contributed by atoms with Crippen LogP contribution in [0.2, 0.25) is 0 Å². The van der Waals surface area contributed by atoms with Crippen LogP contribution in [0.25, 0.3) is 0 Å². The smallest absolute Gasteiger partial charge is 0.246 e. The summed E-state index contributed by atoms with van der Waals surface area (Å²) < 4.78 is 5.44. The Kier molecular flexibility index (Phi) is 5.60. The standard InChI is InChI=1S/C10H20N2O3/c1-8(13)6-12-10(14)7-15-9-2-4-11-5-3-9/h8-9,11,13H,2-7H2,1H3,(H,12,14)/t8-/m1/s1. The summed E-state index contributed by atoms with van der Waals surface area (Å²) in [6.07, 6.45) is 1.62. The fourth-order valence-electron chi connectivity index (χ4n) is 1.47. The second-order valence-corrected chi connectivity index (χ2v) is 3.91. The summed E-state index contributed by atoms with van der Waals surface area (Å²) in [4.78, 5) is 11.2. The van der Waals surface area contributed by atoms with Crippen molar-refractivity contribution in [3.8, 4) is 0 Å². The number of hydrogen-bond acceptors (Lipinski definition) is 4. The number of ether oxygens (including phenoxy) is 1. The Hall–Kier alpha value is -0.650. The Morgan fingerprint density at radius 1 is 1.60 bits per heavy atom. The second-order valence-electron chi connectivity index (χ2n) is 3.91. The molecule has 0 bridgehead atoms. The van der Waals surface area contributed by atoms with E-state index >= 15 is 0 Å². The molecule has 1 fully saturated rings. The van der Waals surface area contributed by atoms with Gasteiger partial charge in [-0.15, -0.1) is 0 Å². The summed E-state index contributed by atoms with van der Waals surface area (Å²) >= 11 is 0. The molecular formula is C10H20N2O3. The van der Waals surface area contributed by atoms with E-state index in [9.17, 15) is 4.79 Å². The van der Waals surface area contributed by atoms with Crippen LogP contribution < -0.4 is 10.6 Å². The number of carbonyl (C=O) groups excluding carboxylic acids is 1.